The first-order chi connectivity index (χ1) is 15.5. The molecule has 0 spiro atoms. The second-order valence-corrected chi connectivity index (χ2v) is 6.54. The van der Waals surface area contributed by atoms with Crippen molar-refractivity contribution in [1.82, 2.24) is 0 Å². The molecule has 1 aromatic heterocycles. The molecule has 1 aliphatic heterocycles. The molecule has 2 aromatic rings. The fraction of sp³-hybridized carbons (Fsp3) is 0.182. The number of carboxylic acids is 1. The van der Waals surface area contributed by atoms with Crippen LogP contribution in [0.1, 0.15) is 29.0 Å². The summed E-state index contributed by atoms with van der Waals surface area (Å²) in [5.41, 5.74) is 0.415. The van der Waals surface area contributed by atoms with Crippen molar-refractivity contribution >= 4 is 35.4 Å². The van der Waals surface area contributed by atoms with E-state index < -0.39 is 11.9 Å². The summed E-state index contributed by atoms with van der Waals surface area (Å²) in [6.07, 6.45) is 1.91. The molecule has 0 saturated heterocycles. The lowest BCUT2D eigenvalue weighted by Gasteiger charge is -2.18. The minimum Gasteiger partial charge on any atom is -0.478 e. The number of nitrogens with zero attached hydrogens (tertiary/aromatic N) is 6. The smallest absolute Gasteiger partial charge is 0.335 e. The van der Waals surface area contributed by atoms with E-state index in [1.165, 1.54) is 30.3 Å². The zero-order valence-electron chi connectivity index (χ0n) is 16.7. The topological polar surface area (TPSA) is 138 Å². The minimum atomic E-state index is -1.09. The standard InChI is InChI=1S/C22H16N6O4/c1-25-20-18(21(29)28(26-20)16-6-4-15(5-7-16)22(30)31)14-17-8-9-19(32-17)27(12-2-10-23)13-3-11-24/h4-9,14H,2-3,12-13H2,(H,30,31). The van der Waals surface area contributed by atoms with E-state index in [1.54, 1.807) is 17.0 Å². The van der Waals surface area contributed by atoms with Crippen LogP contribution in [-0.4, -0.2) is 35.9 Å². The lowest BCUT2D eigenvalue weighted by Crippen LogP contribution is -2.24. The van der Waals surface area contributed by atoms with Crippen molar-refractivity contribution in [2.24, 2.45) is 5.10 Å². The molecule has 10 heteroatoms. The van der Waals surface area contributed by atoms with Crippen LogP contribution in [0.2, 0.25) is 0 Å². The lowest BCUT2D eigenvalue weighted by molar-refractivity contribution is -0.114. The second-order valence-electron chi connectivity index (χ2n) is 6.54. The van der Waals surface area contributed by atoms with Gasteiger partial charge in [-0.05, 0) is 41.5 Å². The van der Waals surface area contributed by atoms with Crippen LogP contribution in [0.5, 0.6) is 0 Å². The van der Waals surface area contributed by atoms with Gasteiger partial charge in [0.1, 0.15) is 5.76 Å². The minimum absolute atomic E-state index is 0.0313. The predicted molar refractivity (Wildman–Crippen MR) is 114 cm³/mol. The van der Waals surface area contributed by atoms with Crippen LogP contribution in [0.4, 0.5) is 11.6 Å². The van der Waals surface area contributed by atoms with E-state index in [2.05, 4.69) is 9.95 Å². The third-order valence-electron chi connectivity index (χ3n) is 4.52. The van der Waals surface area contributed by atoms with Gasteiger partial charge in [0, 0.05) is 19.2 Å². The molecule has 1 aromatic carbocycles. The fourth-order valence-electron chi connectivity index (χ4n) is 2.97. The van der Waals surface area contributed by atoms with Crippen molar-refractivity contribution < 1.29 is 19.1 Å². The summed E-state index contributed by atoms with van der Waals surface area (Å²) in [5.74, 6) is -1.02. The number of hydrogen-bond acceptors (Lipinski definition) is 7. The number of carbonyl (C=O) groups is 2. The zero-order valence-corrected chi connectivity index (χ0v) is 16.7. The second kappa shape index (κ2) is 9.75. The number of hydrogen-bond donors (Lipinski definition) is 1. The first-order valence-corrected chi connectivity index (χ1v) is 9.43. The molecule has 1 amide bonds. The third kappa shape index (κ3) is 4.64. The van der Waals surface area contributed by atoms with Crippen LogP contribution in [0.3, 0.4) is 0 Å². The molecule has 32 heavy (non-hydrogen) atoms. The van der Waals surface area contributed by atoms with E-state index in [1.807, 2.05) is 12.1 Å². The quantitative estimate of drug-likeness (QED) is 0.503. The Morgan fingerprint density at radius 2 is 1.84 bits per heavy atom. The molecule has 10 nitrogen and oxygen atoms in total. The maximum Gasteiger partial charge on any atom is 0.335 e. The van der Waals surface area contributed by atoms with Crippen LogP contribution < -0.4 is 9.91 Å². The highest BCUT2D eigenvalue weighted by Crippen LogP contribution is 2.27. The number of carbonyl (C=O) groups excluding carboxylic acids is 1. The van der Waals surface area contributed by atoms with E-state index in [-0.39, 0.29) is 29.8 Å². The third-order valence-corrected chi connectivity index (χ3v) is 4.52. The van der Waals surface area contributed by atoms with Crippen LogP contribution in [0, 0.1) is 29.2 Å². The van der Waals surface area contributed by atoms with E-state index in [0.29, 0.717) is 30.4 Å². The largest absolute Gasteiger partial charge is 0.478 e. The molecule has 0 fully saturated rings. The van der Waals surface area contributed by atoms with Gasteiger partial charge in [-0.1, -0.05) is 6.57 Å². The number of hydrazone groups is 1. The van der Waals surface area contributed by atoms with Gasteiger partial charge in [0.25, 0.3) is 5.91 Å². The van der Waals surface area contributed by atoms with Gasteiger partial charge in [-0.15, -0.1) is 5.01 Å². The SMILES string of the molecule is [C-]#[N+]C1=NN(c2ccc(C(=O)O)cc2)C(=O)C1=Cc1ccc(N(CCC#N)CCC#N)o1. The van der Waals surface area contributed by atoms with Crippen molar-refractivity contribution in [3.05, 3.63) is 64.7 Å². The maximum absolute atomic E-state index is 12.9. The highest BCUT2D eigenvalue weighted by molar-refractivity contribution is 6.34. The molecule has 0 saturated carbocycles. The Hall–Kier alpha value is -4.88. The Morgan fingerprint density at radius 3 is 2.41 bits per heavy atom. The molecule has 0 atom stereocenters. The van der Waals surface area contributed by atoms with E-state index in [0.717, 1.165) is 5.01 Å². The summed E-state index contributed by atoms with van der Waals surface area (Å²) in [6, 6.07) is 12.9. The molecule has 158 valence electrons. The van der Waals surface area contributed by atoms with Gasteiger partial charge in [-0.2, -0.15) is 10.5 Å². The van der Waals surface area contributed by atoms with Crippen LogP contribution >= 0.6 is 0 Å². The van der Waals surface area contributed by atoms with Crippen molar-refractivity contribution in [3.63, 3.8) is 0 Å². The van der Waals surface area contributed by atoms with E-state index in [9.17, 15) is 9.59 Å². The number of furan rings is 1. The number of anilines is 2. The average Bonchev–Trinajstić information content (AvgIpc) is 3.39. The van der Waals surface area contributed by atoms with Gasteiger partial charge < -0.3 is 19.3 Å². The van der Waals surface area contributed by atoms with Gasteiger partial charge >= 0.3 is 11.8 Å². The highest BCUT2D eigenvalue weighted by Gasteiger charge is 2.34. The van der Waals surface area contributed by atoms with Gasteiger partial charge in [0.15, 0.2) is 5.88 Å². The summed E-state index contributed by atoms with van der Waals surface area (Å²) >= 11 is 0. The molecule has 0 bridgehead atoms. The molecule has 1 N–H and O–H groups in total. The Morgan fingerprint density at radius 1 is 1.19 bits per heavy atom. The van der Waals surface area contributed by atoms with Gasteiger partial charge in [0.05, 0.1) is 41.8 Å². The average molecular weight is 428 g/mol. The normalized spacial score (nSPS) is 13.9. The molecule has 2 heterocycles. The number of amides is 1. The van der Waals surface area contributed by atoms with Crippen molar-refractivity contribution in [1.29, 1.82) is 10.5 Å². The van der Waals surface area contributed by atoms with Gasteiger partial charge in [-0.3, -0.25) is 4.79 Å². The van der Waals surface area contributed by atoms with E-state index in [4.69, 9.17) is 26.6 Å². The molecule has 0 radical (unpaired) electrons. The van der Waals surface area contributed by atoms with Crippen molar-refractivity contribution in [2.45, 2.75) is 12.8 Å². The van der Waals surface area contributed by atoms with Crippen LogP contribution in [-0.2, 0) is 4.79 Å². The van der Waals surface area contributed by atoms with Crippen LogP contribution in [0.25, 0.3) is 10.9 Å². The number of rotatable bonds is 8. The molecule has 3 rings (SSSR count). The first kappa shape index (κ1) is 21.8. The zero-order chi connectivity index (χ0) is 23.1. The Balaban J connectivity index is 1.85. The lowest BCUT2D eigenvalue weighted by atomic mass is 10.1. The van der Waals surface area contributed by atoms with Crippen molar-refractivity contribution in [3.8, 4) is 12.1 Å². The summed E-state index contributed by atoms with van der Waals surface area (Å²) < 4.78 is 5.76. The molecular weight excluding hydrogens is 412 g/mol. The number of aromatic carboxylic acids is 1. The number of nitriles is 2. The van der Waals surface area contributed by atoms with Crippen molar-refractivity contribution in [2.75, 3.05) is 23.0 Å². The Kier molecular flexibility index (Phi) is 6.65. The number of amidine groups is 1. The van der Waals surface area contributed by atoms with Crippen LogP contribution in [0.15, 0.2) is 51.5 Å². The molecule has 0 aliphatic carbocycles. The van der Waals surface area contributed by atoms with Gasteiger partial charge in [-0.25, -0.2) is 4.79 Å². The number of carboxylic acid groups (broad SMARTS) is 1. The van der Waals surface area contributed by atoms with Gasteiger partial charge in [0.2, 0.25) is 0 Å². The molecule has 0 unspecified atom stereocenters. The fourth-order valence-corrected chi connectivity index (χ4v) is 2.97. The summed E-state index contributed by atoms with van der Waals surface area (Å²) in [6.45, 7) is 8.12. The maximum atomic E-state index is 12.9. The molecular formula is C22H16N6O4. The first-order valence-electron chi connectivity index (χ1n) is 9.43. The highest BCUT2D eigenvalue weighted by atomic mass is 16.4. The predicted octanol–water partition coefficient (Wildman–Crippen LogP) is 3.27. The summed E-state index contributed by atoms with van der Waals surface area (Å²) in [7, 11) is 0. The molecule has 1 aliphatic rings. The summed E-state index contributed by atoms with van der Waals surface area (Å²) in [4.78, 5) is 29.0. The summed E-state index contributed by atoms with van der Waals surface area (Å²) in [5, 5.41) is 31.8. The Labute approximate surface area is 183 Å². The Bertz CT molecular complexity index is 1200. The number of benzene rings is 1. The van der Waals surface area contributed by atoms with E-state index >= 15 is 0 Å². The monoisotopic (exact) mass is 428 g/mol.